The molecule has 0 heterocycles. The van der Waals surface area contributed by atoms with E-state index in [0.29, 0.717) is 4.90 Å². The molecule has 1 N–H and O–H groups in total. The fourth-order valence-corrected chi connectivity index (χ4v) is 3.70. The molecule has 0 aliphatic carbocycles. The highest BCUT2D eigenvalue weighted by Crippen LogP contribution is 2.22. The van der Waals surface area contributed by atoms with Gasteiger partial charge in [-0.15, -0.1) is 0 Å². The zero-order chi connectivity index (χ0) is 18.6. The fraction of sp³-hybridized carbons (Fsp3) is 0.368. The van der Waals surface area contributed by atoms with E-state index in [2.05, 4.69) is 4.72 Å². The molecular weight excluding hydrogens is 336 g/mol. The predicted octanol–water partition coefficient (Wildman–Crippen LogP) is 2.89. The molecule has 1 atom stereocenters. The Labute approximate surface area is 150 Å². The molecule has 0 fully saturated rings. The van der Waals surface area contributed by atoms with E-state index in [4.69, 9.17) is 4.74 Å². The Morgan fingerprint density at radius 1 is 1.04 bits per heavy atom. The van der Waals surface area contributed by atoms with Crippen molar-refractivity contribution in [3.63, 3.8) is 0 Å². The summed E-state index contributed by atoms with van der Waals surface area (Å²) in [6.07, 6.45) is 0. The third-order valence-corrected chi connectivity index (χ3v) is 5.80. The molecular formula is C19H26N2O3S. The zero-order valence-corrected chi connectivity index (χ0v) is 16.2. The van der Waals surface area contributed by atoms with Gasteiger partial charge in [-0.05, 0) is 68.9 Å². The summed E-state index contributed by atoms with van der Waals surface area (Å²) in [5.41, 5.74) is 3.05. The lowest BCUT2D eigenvalue weighted by Gasteiger charge is -2.25. The molecule has 0 bridgehead atoms. The third kappa shape index (κ3) is 4.81. The van der Waals surface area contributed by atoms with E-state index in [1.54, 1.807) is 19.2 Å². The quantitative estimate of drug-likeness (QED) is 0.823. The topological polar surface area (TPSA) is 58.6 Å². The summed E-state index contributed by atoms with van der Waals surface area (Å²) in [5, 5.41) is 0. The lowest BCUT2D eigenvalue weighted by atomic mass is 10.1. The molecule has 0 radical (unpaired) electrons. The van der Waals surface area contributed by atoms with Gasteiger partial charge < -0.3 is 9.64 Å². The molecule has 0 aromatic heterocycles. The molecule has 2 aromatic carbocycles. The maximum absolute atomic E-state index is 12.6. The van der Waals surface area contributed by atoms with Gasteiger partial charge in [-0.25, -0.2) is 13.1 Å². The maximum Gasteiger partial charge on any atom is 0.240 e. The van der Waals surface area contributed by atoms with Crippen LogP contribution in [0.2, 0.25) is 0 Å². The monoisotopic (exact) mass is 362 g/mol. The molecule has 2 aromatic rings. The van der Waals surface area contributed by atoms with E-state index in [1.165, 1.54) is 0 Å². The molecule has 0 aliphatic rings. The molecule has 136 valence electrons. The van der Waals surface area contributed by atoms with Crippen LogP contribution in [-0.4, -0.2) is 41.1 Å². The molecule has 0 aliphatic heterocycles. The van der Waals surface area contributed by atoms with Crippen molar-refractivity contribution in [2.24, 2.45) is 0 Å². The minimum Gasteiger partial charge on any atom is -0.497 e. The fourth-order valence-electron chi connectivity index (χ4n) is 2.58. The number of rotatable bonds is 7. The number of aryl methyl sites for hydroxylation is 2. The van der Waals surface area contributed by atoms with E-state index in [9.17, 15) is 8.42 Å². The standard InChI is InChI=1S/C19H26N2O3S/c1-14-6-11-18(12-15(14)2)25(22,23)20-13-19(21(3)4)16-7-9-17(24-5)10-8-16/h6-12,19-20H,13H2,1-5H3. The van der Waals surface area contributed by atoms with Crippen LogP contribution in [0.3, 0.4) is 0 Å². The number of methoxy groups -OCH3 is 1. The Hall–Kier alpha value is -1.89. The molecule has 6 heteroatoms. The van der Waals surface area contributed by atoms with Crippen molar-refractivity contribution in [2.75, 3.05) is 27.7 Å². The summed E-state index contributed by atoms with van der Waals surface area (Å²) in [4.78, 5) is 2.29. The Balaban J connectivity index is 2.18. The van der Waals surface area contributed by atoms with E-state index in [1.807, 2.05) is 63.2 Å². The molecule has 1 unspecified atom stereocenters. The number of nitrogens with zero attached hydrogens (tertiary/aromatic N) is 1. The van der Waals surface area contributed by atoms with Crippen LogP contribution in [0, 0.1) is 13.8 Å². The van der Waals surface area contributed by atoms with Crippen molar-refractivity contribution in [1.82, 2.24) is 9.62 Å². The highest BCUT2D eigenvalue weighted by atomic mass is 32.2. The molecule has 5 nitrogen and oxygen atoms in total. The maximum atomic E-state index is 12.6. The van der Waals surface area contributed by atoms with Crippen molar-refractivity contribution in [3.05, 3.63) is 59.2 Å². The normalized spacial score (nSPS) is 13.0. The molecule has 2 rings (SSSR count). The molecule has 0 amide bonds. The number of sulfonamides is 1. The Kier molecular flexibility index (Phi) is 6.21. The van der Waals surface area contributed by atoms with Gasteiger partial charge in [0.25, 0.3) is 0 Å². The van der Waals surface area contributed by atoms with Crippen LogP contribution in [0.1, 0.15) is 22.7 Å². The van der Waals surface area contributed by atoms with E-state index >= 15 is 0 Å². The average molecular weight is 362 g/mol. The zero-order valence-electron chi connectivity index (χ0n) is 15.4. The average Bonchev–Trinajstić information content (AvgIpc) is 2.57. The van der Waals surface area contributed by atoms with Gasteiger partial charge in [-0.3, -0.25) is 0 Å². The molecule has 0 saturated heterocycles. The summed E-state index contributed by atoms with van der Waals surface area (Å²) in [5.74, 6) is 0.775. The van der Waals surface area contributed by atoms with Gasteiger partial charge in [-0.2, -0.15) is 0 Å². The van der Waals surface area contributed by atoms with E-state index in [-0.39, 0.29) is 12.6 Å². The summed E-state index contributed by atoms with van der Waals surface area (Å²) < 4.78 is 33.1. The van der Waals surface area contributed by atoms with Gasteiger partial charge >= 0.3 is 0 Å². The first-order chi connectivity index (χ1) is 11.7. The SMILES string of the molecule is COc1ccc(C(CNS(=O)(=O)c2ccc(C)c(C)c2)N(C)C)cc1. The van der Waals surface area contributed by atoms with Gasteiger partial charge in [0.15, 0.2) is 0 Å². The summed E-state index contributed by atoms with van der Waals surface area (Å²) >= 11 is 0. The van der Waals surface area contributed by atoms with Gasteiger partial charge in [0.05, 0.1) is 12.0 Å². The number of hydrogen-bond acceptors (Lipinski definition) is 4. The number of likely N-dealkylation sites (N-methyl/N-ethyl adjacent to an activating group) is 1. The smallest absolute Gasteiger partial charge is 0.240 e. The van der Waals surface area contributed by atoms with Crippen molar-refractivity contribution >= 4 is 10.0 Å². The van der Waals surface area contributed by atoms with Crippen LogP contribution in [0.15, 0.2) is 47.4 Å². The minimum atomic E-state index is -3.55. The third-order valence-electron chi connectivity index (χ3n) is 4.38. The van der Waals surface area contributed by atoms with Crippen molar-refractivity contribution in [3.8, 4) is 5.75 Å². The van der Waals surface area contributed by atoms with E-state index < -0.39 is 10.0 Å². The number of nitrogens with one attached hydrogen (secondary N) is 1. The highest BCUT2D eigenvalue weighted by molar-refractivity contribution is 7.89. The van der Waals surface area contributed by atoms with Crippen LogP contribution in [0.4, 0.5) is 0 Å². The Morgan fingerprint density at radius 3 is 2.20 bits per heavy atom. The van der Waals surface area contributed by atoms with Crippen LogP contribution >= 0.6 is 0 Å². The van der Waals surface area contributed by atoms with Crippen LogP contribution in [0.5, 0.6) is 5.75 Å². The lowest BCUT2D eigenvalue weighted by Crippen LogP contribution is -2.34. The largest absolute Gasteiger partial charge is 0.497 e. The molecule has 0 spiro atoms. The van der Waals surface area contributed by atoms with Crippen LogP contribution in [0.25, 0.3) is 0 Å². The summed E-state index contributed by atoms with van der Waals surface area (Å²) in [6.45, 7) is 4.16. The second-order valence-electron chi connectivity index (χ2n) is 6.35. The van der Waals surface area contributed by atoms with Gasteiger partial charge in [0.1, 0.15) is 5.75 Å². The van der Waals surface area contributed by atoms with Crippen LogP contribution in [-0.2, 0) is 10.0 Å². The molecule has 0 saturated carbocycles. The summed E-state index contributed by atoms with van der Waals surface area (Å²) in [6, 6.07) is 12.8. The summed E-state index contributed by atoms with van der Waals surface area (Å²) in [7, 11) is 1.93. The van der Waals surface area contributed by atoms with Crippen molar-refractivity contribution in [2.45, 2.75) is 24.8 Å². The Bertz CT molecular complexity index is 815. The second-order valence-corrected chi connectivity index (χ2v) is 8.12. The highest BCUT2D eigenvalue weighted by Gasteiger charge is 2.20. The first-order valence-corrected chi connectivity index (χ1v) is 9.60. The predicted molar refractivity (Wildman–Crippen MR) is 101 cm³/mol. The number of ether oxygens (including phenoxy) is 1. The second kappa shape index (κ2) is 7.99. The molecule has 25 heavy (non-hydrogen) atoms. The number of benzene rings is 2. The number of hydrogen-bond donors (Lipinski definition) is 1. The van der Waals surface area contributed by atoms with E-state index in [0.717, 1.165) is 22.4 Å². The van der Waals surface area contributed by atoms with Gasteiger partial charge in [-0.1, -0.05) is 18.2 Å². The first-order valence-electron chi connectivity index (χ1n) is 8.12. The minimum absolute atomic E-state index is 0.0766. The first kappa shape index (κ1) is 19.4. The lowest BCUT2D eigenvalue weighted by molar-refractivity contribution is 0.299. The van der Waals surface area contributed by atoms with Crippen molar-refractivity contribution in [1.29, 1.82) is 0 Å². The van der Waals surface area contributed by atoms with Crippen LogP contribution < -0.4 is 9.46 Å². The van der Waals surface area contributed by atoms with Gasteiger partial charge in [0, 0.05) is 12.6 Å². The van der Waals surface area contributed by atoms with Crippen molar-refractivity contribution < 1.29 is 13.2 Å². The van der Waals surface area contributed by atoms with Gasteiger partial charge in [0.2, 0.25) is 10.0 Å². The Morgan fingerprint density at radius 2 is 1.68 bits per heavy atom.